The molecule has 0 atom stereocenters. The van der Waals surface area contributed by atoms with Crippen LogP contribution in [0, 0.1) is 10.1 Å². The van der Waals surface area contributed by atoms with Crippen molar-refractivity contribution in [2.75, 3.05) is 5.32 Å². The van der Waals surface area contributed by atoms with Gasteiger partial charge in [-0.25, -0.2) is 4.79 Å². The third kappa shape index (κ3) is 2.69. The van der Waals surface area contributed by atoms with E-state index in [1.165, 1.54) is 38.1 Å². The lowest BCUT2D eigenvalue weighted by atomic mass is 10.1. The third-order valence-electron chi connectivity index (χ3n) is 2.07. The molecule has 16 heavy (non-hydrogen) atoms. The van der Waals surface area contributed by atoms with Crippen LogP contribution < -0.4 is 5.32 Å². The number of carbonyl (C=O) groups is 1. The highest BCUT2D eigenvalue weighted by Gasteiger charge is 2.26. The number of anilines is 1. The molecule has 0 aliphatic carbocycles. The van der Waals surface area contributed by atoms with Gasteiger partial charge in [-0.1, -0.05) is 0 Å². The predicted molar refractivity (Wildman–Crippen MR) is 58.4 cm³/mol. The molecule has 0 heterocycles. The summed E-state index contributed by atoms with van der Waals surface area (Å²) in [5.41, 5.74) is -0.618. The molecule has 0 saturated heterocycles. The molecule has 0 unspecified atom stereocenters. The van der Waals surface area contributed by atoms with Gasteiger partial charge in [0.1, 0.15) is 5.54 Å². The average molecular weight is 224 g/mol. The second-order valence-corrected chi connectivity index (χ2v) is 3.86. The first-order valence-electron chi connectivity index (χ1n) is 4.59. The molecule has 1 rings (SSSR count). The fraction of sp³-hybridized carbons (Fsp3) is 0.300. The highest BCUT2D eigenvalue weighted by molar-refractivity contribution is 5.81. The Morgan fingerprint density at radius 2 is 1.88 bits per heavy atom. The number of nitrogens with one attached hydrogen (secondary N) is 1. The molecule has 1 aromatic carbocycles. The minimum Gasteiger partial charge on any atom is -0.480 e. The Labute approximate surface area is 92.0 Å². The van der Waals surface area contributed by atoms with Gasteiger partial charge in [-0.3, -0.25) is 10.1 Å². The Morgan fingerprint density at radius 1 is 1.38 bits per heavy atom. The predicted octanol–water partition coefficient (Wildman–Crippen LogP) is 1.87. The van der Waals surface area contributed by atoms with E-state index in [9.17, 15) is 14.9 Å². The molecule has 6 heteroatoms. The molecule has 1 aromatic rings. The van der Waals surface area contributed by atoms with E-state index >= 15 is 0 Å². The van der Waals surface area contributed by atoms with E-state index in [2.05, 4.69) is 5.32 Å². The smallest absolute Gasteiger partial charge is 0.328 e. The second-order valence-electron chi connectivity index (χ2n) is 3.86. The largest absolute Gasteiger partial charge is 0.480 e. The van der Waals surface area contributed by atoms with Crippen LogP contribution in [-0.4, -0.2) is 21.5 Å². The van der Waals surface area contributed by atoms with Crippen molar-refractivity contribution in [1.29, 1.82) is 0 Å². The van der Waals surface area contributed by atoms with Gasteiger partial charge in [-0.05, 0) is 26.0 Å². The number of carboxylic acid groups (broad SMARTS) is 1. The number of carboxylic acids is 1. The molecule has 0 fully saturated rings. The van der Waals surface area contributed by atoms with Crippen LogP contribution in [0.3, 0.4) is 0 Å². The number of hydrogen-bond donors (Lipinski definition) is 2. The van der Waals surface area contributed by atoms with Crippen LogP contribution in [0.15, 0.2) is 24.3 Å². The van der Waals surface area contributed by atoms with Crippen LogP contribution >= 0.6 is 0 Å². The zero-order chi connectivity index (χ0) is 12.3. The van der Waals surface area contributed by atoms with Gasteiger partial charge in [-0.2, -0.15) is 0 Å². The highest BCUT2D eigenvalue weighted by Crippen LogP contribution is 2.19. The number of rotatable bonds is 4. The molecule has 0 aliphatic rings. The van der Waals surface area contributed by atoms with Crippen molar-refractivity contribution in [3.05, 3.63) is 34.4 Å². The van der Waals surface area contributed by atoms with Gasteiger partial charge in [0.15, 0.2) is 0 Å². The van der Waals surface area contributed by atoms with E-state index in [1.54, 1.807) is 0 Å². The van der Waals surface area contributed by atoms with Gasteiger partial charge < -0.3 is 10.4 Å². The summed E-state index contributed by atoms with van der Waals surface area (Å²) < 4.78 is 0. The fourth-order valence-corrected chi connectivity index (χ4v) is 1.08. The molecule has 0 spiro atoms. The lowest BCUT2D eigenvalue weighted by molar-refractivity contribution is -0.384. The summed E-state index contributed by atoms with van der Waals surface area (Å²) in [6.45, 7) is 3.02. The van der Waals surface area contributed by atoms with Crippen molar-refractivity contribution in [1.82, 2.24) is 0 Å². The van der Waals surface area contributed by atoms with Gasteiger partial charge in [0.05, 0.1) is 4.92 Å². The van der Waals surface area contributed by atoms with E-state index in [0.29, 0.717) is 5.69 Å². The molecule has 86 valence electrons. The molecule has 0 radical (unpaired) electrons. The van der Waals surface area contributed by atoms with E-state index in [4.69, 9.17) is 5.11 Å². The molecule has 0 amide bonds. The first-order chi connectivity index (χ1) is 7.33. The van der Waals surface area contributed by atoms with Crippen molar-refractivity contribution >= 4 is 17.3 Å². The summed E-state index contributed by atoms with van der Waals surface area (Å²) in [6, 6.07) is 5.59. The Bertz CT molecular complexity index is 411. The molecule has 0 aliphatic heterocycles. The SMILES string of the molecule is CC(C)(Nc1ccc([N+](=O)[O-])cc1)C(=O)O. The van der Waals surface area contributed by atoms with Crippen LogP contribution in [0.4, 0.5) is 11.4 Å². The van der Waals surface area contributed by atoms with Crippen molar-refractivity contribution in [3.63, 3.8) is 0 Å². The summed E-state index contributed by atoms with van der Waals surface area (Å²) in [6.07, 6.45) is 0. The Morgan fingerprint density at radius 3 is 2.25 bits per heavy atom. The van der Waals surface area contributed by atoms with Gasteiger partial charge in [0.2, 0.25) is 0 Å². The summed E-state index contributed by atoms with van der Waals surface area (Å²) >= 11 is 0. The number of hydrogen-bond acceptors (Lipinski definition) is 4. The number of benzene rings is 1. The van der Waals surface area contributed by atoms with Gasteiger partial charge in [0, 0.05) is 17.8 Å². The number of nitrogens with zero attached hydrogens (tertiary/aromatic N) is 1. The average Bonchev–Trinajstić information content (AvgIpc) is 2.17. The van der Waals surface area contributed by atoms with E-state index in [-0.39, 0.29) is 5.69 Å². The molecule has 2 N–H and O–H groups in total. The number of nitro benzene ring substituents is 1. The van der Waals surface area contributed by atoms with E-state index < -0.39 is 16.4 Å². The quantitative estimate of drug-likeness (QED) is 0.601. The number of non-ortho nitro benzene ring substituents is 1. The van der Waals surface area contributed by atoms with Crippen LogP contribution in [-0.2, 0) is 4.79 Å². The highest BCUT2D eigenvalue weighted by atomic mass is 16.6. The lowest BCUT2D eigenvalue weighted by Gasteiger charge is -2.22. The number of nitro groups is 1. The van der Waals surface area contributed by atoms with Crippen molar-refractivity contribution in [3.8, 4) is 0 Å². The lowest BCUT2D eigenvalue weighted by Crippen LogP contribution is -2.39. The van der Waals surface area contributed by atoms with Crippen LogP contribution in [0.2, 0.25) is 0 Å². The normalized spacial score (nSPS) is 10.9. The molecular weight excluding hydrogens is 212 g/mol. The van der Waals surface area contributed by atoms with Gasteiger partial charge in [0.25, 0.3) is 5.69 Å². The fourth-order valence-electron chi connectivity index (χ4n) is 1.08. The molecule has 0 bridgehead atoms. The minimum atomic E-state index is -1.11. The summed E-state index contributed by atoms with van der Waals surface area (Å²) in [5.74, 6) is -0.995. The maximum absolute atomic E-state index is 10.8. The van der Waals surface area contributed by atoms with Crippen molar-refractivity contribution in [2.24, 2.45) is 0 Å². The Hall–Kier alpha value is -2.11. The van der Waals surface area contributed by atoms with Crippen LogP contribution in [0.5, 0.6) is 0 Å². The van der Waals surface area contributed by atoms with Crippen LogP contribution in [0.25, 0.3) is 0 Å². The van der Waals surface area contributed by atoms with E-state index in [1.807, 2.05) is 0 Å². The number of aliphatic carboxylic acids is 1. The summed E-state index contributed by atoms with van der Waals surface area (Å²) in [5, 5.41) is 22.0. The molecule has 6 nitrogen and oxygen atoms in total. The van der Waals surface area contributed by atoms with Gasteiger partial charge >= 0.3 is 5.97 Å². The third-order valence-corrected chi connectivity index (χ3v) is 2.07. The van der Waals surface area contributed by atoms with Crippen molar-refractivity contribution in [2.45, 2.75) is 19.4 Å². The summed E-state index contributed by atoms with van der Waals surface area (Å²) in [4.78, 5) is 20.7. The van der Waals surface area contributed by atoms with Crippen LogP contribution in [0.1, 0.15) is 13.8 Å². The standard InChI is InChI=1S/C10H12N2O4/c1-10(2,9(13)14)11-7-3-5-8(6-4-7)12(15)16/h3-6,11H,1-2H3,(H,13,14). The molecule has 0 saturated carbocycles. The maximum Gasteiger partial charge on any atom is 0.328 e. The minimum absolute atomic E-state index is 0.0290. The Kier molecular flexibility index (Phi) is 3.12. The summed E-state index contributed by atoms with van der Waals surface area (Å²) in [7, 11) is 0. The second kappa shape index (κ2) is 4.18. The molecule has 0 aromatic heterocycles. The first kappa shape index (κ1) is 12.0. The molecular formula is C10H12N2O4. The maximum atomic E-state index is 10.8. The van der Waals surface area contributed by atoms with Gasteiger partial charge in [-0.15, -0.1) is 0 Å². The zero-order valence-electron chi connectivity index (χ0n) is 8.93. The zero-order valence-corrected chi connectivity index (χ0v) is 8.93. The van der Waals surface area contributed by atoms with Crippen molar-refractivity contribution < 1.29 is 14.8 Å². The topological polar surface area (TPSA) is 92.5 Å². The van der Waals surface area contributed by atoms with E-state index in [0.717, 1.165) is 0 Å². The first-order valence-corrected chi connectivity index (χ1v) is 4.59. The monoisotopic (exact) mass is 224 g/mol. The Balaban J connectivity index is 2.84.